The molecule has 1 saturated heterocycles. The number of anilines is 1. The molecule has 0 bridgehead atoms. The van der Waals surface area contributed by atoms with Gasteiger partial charge in [-0.3, -0.25) is 4.79 Å². The van der Waals surface area contributed by atoms with E-state index in [9.17, 15) is 4.79 Å². The second-order valence-corrected chi connectivity index (χ2v) is 6.51. The molecule has 0 amide bonds. The quantitative estimate of drug-likeness (QED) is 0.839. The molecule has 0 aromatic carbocycles. The monoisotopic (exact) mass is 325 g/mol. The van der Waals surface area contributed by atoms with Gasteiger partial charge >= 0.3 is 0 Å². The molecule has 4 nitrogen and oxygen atoms in total. The summed E-state index contributed by atoms with van der Waals surface area (Å²) in [4.78, 5) is 14.4. The van der Waals surface area contributed by atoms with Crippen molar-refractivity contribution in [2.45, 2.75) is 44.6 Å². The Bertz CT molecular complexity index is 522. The lowest BCUT2D eigenvalue weighted by molar-refractivity contribution is 0.430. The molecule has 2 aliphatic rings. The number of halogens is 1. The normalized spacial score (nSPS) is 24.3. The van der Waals surface area contributed by atoms with Crippen LogP contribution in [0.15, 0.2) is 15.5 Å². The summed E-state index contributed by atoms with van der Waals surface area (Å²) >= 11 is 3.46. The van der Waals surface area contributed by atoms with Gasteiger partial charge in [-0.1, -0.05) is 12.8 Å². The summed E-state index contributed by atoms with van der Waals surface area (Å²) in [6.45, 7) is 1.05. The number of nitrogens with zero attached hydrogens (tertiary/aromatic N) is 3. The zero-order valence-electron chi connectivity index (χ0n) is 11.3. The molecule has 0 radical (unpaired) electrons. The summed E-state index contributed by atoms with van der Waals surface area (Å²) in [5, 5.41) is 4.18. The van der Waals surface area contributed by atoms with Crippen LogP contribution < -0.4 is 10.5 Å². The molecular formula is C14H20BrN3O. The zero-order valence-corrected chi connectivity index (χ0v) is 12.9. The highest BCUT2D eigenvalue weighted by Crippen LogP contribution is 2.38. The van der Waals surface area contributed by atoms with Gasteiger partial charge in [0.25, 0.3) is 5.56 Å². The topological polar surface area (TPSA) is 38.1 Å². The maximum absolute atomic E-state index is 12.0. The standard InChI is InChI=1S/C14H20BrN3O/c1-17-14(19)13(15)12(9-16-17)18-8-4-7-11(18)10-5-2-3-6-10/h9-11H,2-8H2,1H3. The van der Waals surface area contributed by atoms with Crippen LogP contribution in [-0.4, -0.2) is 22.4 Å². The van der Waals surface area contributed by atoms with E-state index in [4.69, 9.17) is 0 Å². The SMILES string of the molecule is Cn1ncc(N2CCCC2C2CCCC2)c(Br)c1=O. The zero-order chi connectivity index (χ0) is 13.4. The van der Waals surface area contributed by atoms with Crippen LogP contribution in [0.4, 0.5) is 5.69 Å². The molecule has 5 heteroatoms. The Kier molecular flexibility index (Phi) is 3.65. The second kappa shape index (κ2) is 5.27. The second-order valence-electron chi connectivity index (χ2n) is 5.72. The summed E-state index contributed by atoms with van der Waals surface area (Å²) in [6.07, 6.45) is 9.73. The highest BCUT2D eigenvalue weighted by Gasteiger charge is 2.34. The van der Waals surface area contributed by atoms with Crippen molar-refractivity contribution in [1.82, 2.24) is 9.78 Å². The van der Waals surface area contributed by atoms with Gasteiger partial charge < -0.3 is 4.90 Å². The van der Waals surface area contributed by atoms with Crippen molar-refractivity contribution in [2.24, 2.45) is 13.0 Å². The van der Waals surface area contributed by atoms with Crippen molar-refractivity contribution in [3.05, 3.63) is 21.0 Å². The average molecular weight is 326 g/mol. The van der Waals surface area contributed by atoms with E-state index in [2.05, 4.69) is 25.9 Å². The minimum Gasteiger partial charge on any atom is -0.366 e. The fraction of sp³-hybridized carbons (Fsp3) is 0.714. The minimum atomic E-state index is -0.0467. The van der Waals surface area contributed by atoms with E-state index in [0.717, 1.165) is 18.2 Å². The van der Waals surface area contributed by atoms with Gasteiger partial charge in [-0.15, -0.1) is 0 Å². The van der Waals surface area contributed by atoms with Crippen molar-refractivity contribution in [3.8, 4) is 0 Å². The van der Waals surface area contributed by atoms with Gasteiger partial charge in [0.1, 0.15) is 4.47 Å². The van der Waals surface area contributed by atoms with Gasteiger partial charge in [-0.25, -0.2) is 4.68 Å². The number of hydrogen-bond donors (Lipinski definition) is 0. The Hall–Kier alpha value is -0.840. The molecule has 3 rings (SSSR count). The van der Waals surface area contributed by atoms with Crippen LogP contribution >= 0.6 is 15.9 Å². The highest BCUT2D eigenvalue weighted by molar-refractivity contribution is 9.10. The van der Waals surface area contributed by atoms with E-state index < -0.39 is 0 Å². The molecule has 2 fully saturated rings. The predicted molar refractivity (Wildman–Crippen MR) is 79.5 cm³/mol. The molecule has 1 aliphatic heterocycles. The van der Waals surface area contributed by atoms with Crippen molar-refractivity contribution >= 4 is 21.6 Å². The molecule has 0 spiro atoms. The fourth-order valence-corrected chi connectivity index (χ4v) is 4.21. The number of aryl methyl sites for hydroxylation is 1. The summed E-state index contributed by atoms with van der Waals surface area (Å²) in [6, 6.07) is 0.604. The van der Waals surface area contributed by atoms with Gasteiger partial charge in [0.2, 0.25) is 0 Å². The van der Waals surface area contributed by atoms with Crippen molar-refractivity contribution in [2.75, 3.05) is 11.4 Å². The molecule has 1 unspecified atom stereocenters. The number of hydrogen-bond acceptors (Lipinski definition) is 3. The first-order chi connectivity index (χ1) is 9.18. The van der Waals surface area contributed by atoms with E-state index in [1.165, 1.54) is 43.2 Å². The first kappa shape index (κ1) is 13.2. The maximum Gasteiger partial charge on any atom is 0.282 e. The maximum atomic E-state index is 12.0. The van der Waals surface area contributed by atoms with Crippen LogP contribution in [0.5, 0.6) is 0 Å². The number of rotatable bonds is 2. The lowest BCUT2D eigenvalue weighted by Gasteiger charge is -2.31. The lowest BCUT2D eigenvalue weighted by Crippen LogP contribution is -2.36. The third-order valence-corrected chi connectivity index (χ3v) is 5.36. The van der Waals surface area contributed by atoms with Crippen LogP contribution in [0.25, 0.3) is 0 Å². The molecule has 1 saturated carbocycles. The van der Waals surface area contributed by atoms with Gasteiger partial charge in [-0.2, -0.15) is 5.10 Å². The first-order valence-corrected chi connectivity index (χ1v) is 7.96. The Labute approximate surface area is 121 Å². The molecule has 1 atom stereocenters. The molecule has 2 heterocycles. The largest absolute Gasteiger partial charge is 0.366 e. The van der Waals surface area contributed by atoms with Crippen LogP contribution in [0.2, 0.25) is 0 Å². The van der Waals surface area contributed by atoms with Crippen LogP contribution in [0.1, 0.15) is 38.5 Å². The smallest absolute Gasteiger partial charge is 0.282 e. The molecular weight excluding hydrogens is 306 g/mol. The highest BCUT2D eigenvalue weighted by atomic mass is 79.9. The van der Waals surface area contributed by atoms with Crippen molar-refractivity contribution in [1.29, 1.82) is 0 Å². The van der Waals surface area contributed by atoms with E-state index in [1.807, 2.05) is 6.20 Å². The van der Waals surface area contributed by atoms with Gasteiger partial charge in [0.15, 0.2) is 0 Å². The molecule has 1 aliphatic carbocycles. The summed E-state index contributed by atoms with van der Waals surface area (Å²) in [7, 11) is 1.69. The lowest BCUT2D eigenvalue weighted by atomic mass is 9.96. The summed E-state index contributed by atoms with van der Waals surface area (Å²) < 4.78 is 2.05. The Morgan fingerprint density at radius 1 is 1.26 bits per heavy atom. The summed E-state index contributed by atoms with van der Waals surface area (Å²) in [5.41, 5.74) is 0.937. The third kappa shape index (κ3) is 2.33. The van der Waals surface area contributed by atoms with E-state index in [-0.39, 0.29) is 5.56 Å². The molecule has 19 heavy (non-hydrogen) atoms. The Balaban J connectivity index is 1.92. The molecule has 1 aromatic rings. The molecule has 104 valence electrons. The van der Waals surface area contributed by atoms with Crippen LogP contribution in [-0.2, 0) is 7.05 Å². The fourth-order valence-electron chi connectivity index (χ4n) is 3.63. The molecule has 1 aromatic heterocycles. The van der Waals surface area contributed by atoms with Crippen LogP contribution in [0.3, 0.4) is 0 Å². The van der Waals surface area contributed by atoms with Crippen molar-refractivity contribution in [3.63, 3.8) is 0 Å². The van der Waals surface area contributed by atoms with Crippen molar-refractivity contribution < 1.29 is 0 Å². The van der Waals surface area contributed by atoms with Gasteiger partial charge in [-0.05, 0) is 47.5 Å². The van der Waals surface area contributed by atoms with E-state index in [1.54, 1.807) is 7.05 Å². The first-order valence-electron chi connectivity index (χ1n) is 7.17. The Morgan fingerprint density at radius 3 is 2.74 bits per heavy atom. The van der Waals surface area contributed by atoms with Gasteiger partial charge in [0.05, 0.1) is 11.9 Å². The van der Waals surface area contributed by atoms with Gasteiger partial charge in [0, 0.05) is 19.6 Å². The van der Waals surface area contributed by atoms with E-state index >= 15 is 0 Å². The molecule has 0 N–H and O–H groups in total. The van der Waals surface area contributed by atoms with Crippen LogP contribution in [0, 0.1) is 5.92 Å². The summed E-state index contributed by atoms with van der Waals surface area (Å²) in [5.74, 6) is 0.804. The predicted octanol–water partition coefficient (Wildman–Crippen LogP) is 2.70. The Morgan fingerprint density at radius 2 is 2.00 bits per heavy atom. The minimum absolute atomic E-state index is 0.0467. The number of aromatic nitrogens is 2. The third-order valence-electron chi connectivity index (χ3n) is 4.61. The van der Waals surface area contributed by atoms with E-state index in [0.29, 0.717) is 10.5 Å². The average Bonchev–Trinajstić information content (AvgIpc) is 3.05.